The second kappa shape index (κ2) is 5.04. The number of rotatable bonds is 5. The van der Waals surface area contributed by atoms with Crippen molar-refractivity contribution >= 4 is 17.5 Å². The topological polar surface area (TPSA) is 51.1 Å². The Balaban J connectivity index is 2.23. The van der Waals surface area contributed by atoms with Crippen molar-refractivity contribution in [2.45, 2.75) is 45.8 Å². The second-order valence-corrected chi connectivity index (χ2v) is 4.71. The van der Waals surface area contributed by atoms with Gasteiger partial charge in [-0.2, -0.15) is 15.0 Å². The van der Waals surface area contributed by atoms with Crippen LogP contribution in [-0.2, 0) is 0 Å². The van der Waals surface area contributed by atoms with E-state index in [-0.39, 0.29) is 11.4 Å². The molecule has 0 aliphatic heterocycles. The van der Waals surface area contributed by atoms with Crippen molar-refractivity contribution in [2.24, 2.45) is 0 Å². The predicted octanol–water partition coefficient (Wildman–Crippen LogP) is 2.30. The molecule has 6 heteroatoms. The first-order valence-corrected chi connectivity index (χ1v) is 6.32. The fourth-order valence-electron chi connectivity index (χ4n) is 1.66. The van der Waals surface area contributed by atoms with Crippen molar-refractivity contribution < 1.29 is 4.74 Å². The largest absolute Gasteiger partial charge is 0.461 e. The lowest BCUT2D eigenvalue weighted by molar-refractivity contribution is 0.221. The molecule has 1 aromatic rings. The monoisotopic (exact) mass is 256 g/mol. The van der Waals surface area contributed by atoms with Crippen LogP contribution in [0.2, 0.25) is 5.28 Å². The summed E-state index contributed by atoms with van der Waals surface area (Å²) in [5, 5.41) is 0.185. The van der Waals surface area contributed by atoms with Crippen molar-refractivity contribution in [3.8, 4) is 6.01 Å². The van der Waals surface area contributed by atoms with Crippen LogP contribution in [0.5, 0.6) is 6.01 Å². The minimum atomic E-state index is 0.0253. The first kappa shape index (κ1) is 12.4. The standard InChI is InChI=1S/C11H17ClN4O/c1-4-16(8-5-6-8)10-13-9(12)14-11(15-10)17-7(2)3/h7-8H,4-6H2,1-3H3. The van der Waals surface area contributed by atoms with Gasteiger partial charge in [0, 0.05) is 12.6 Å². The van der Waals surface area contributed by atoms with Crippen molar-refractivity contribution in [1.29, 1.82) is 0 Å². The molecule has 0 unspecified atom stereocenters. The molecule has 0 bridgehead atoms. The van der Waals surface area contributed by atoms with Gasteiger partial charge in [0.25, 0.3) is 0 Å². The molecule has 1 heterocycles. The first-order chi connectivity index (χ1) is 8.10. The quantitative estimate of drug-likeness (QED) is 0.809. The van der Waals surface area contributed by atoms with Gasteiger partial charge < -0.3 is 9.64 Å². The van der Waals surface area contributed by atoms with Gasteiger partial charge in [0.05, 0.1) is 6.10 Å². The Morgan fingerprint density at radius 2 is 2.06 bits per heavy atom. The molecule has 1 aromatic heterocycles. The molecule has 94 valence electrons. The van der Waals surface area contributed by atoms with Crippen molar-refractivity contribution in [2.75, 3.05) is 11.4 Å². The van der Waals surface area contributed by atoms with Gasteiger partial charge in [0.1, 0.15) is 0 Å². The van der Waals surface area contributed by atoms with Crippen LogP contribution < -0.4 is 9.64 Å². The Hall–Kier alpha value is -1.10. The highest BCUT2D eigenvalue weighted by molar-refractivity contribution is 6.28. The van der Waals surface area contributed by atoms with Crippen LogP contribution in [0.4, 0.5) is 5.95 Å². The Morgan fingerprint density at radius 3 is 2.59 bits per heavy atom. The summed E-state index contributed by atoms with van der Waals surface area (Å²) in [6.07, 6.45) is 2.41. The predicted molar refractivity (Wildman–Crippen MR) is 66.6 cm³/mol. The van der Waals surface area contributed by atoms with Crippen LogP contribution in [0.1, 0.15) is 33.6 Å². The summed E-state index contributed by atoms with van der Waals surface area (Å²) in [6, 6.07) is 0.847. The van der Waals surface area contributed by atoms with E-state index in [9.17, 15) is 0 Å². The molecular formula is C11H17ClN4O. The van der Waals surface area contributed by atoms with Gasteiger partial charge in [-0.3, -0.25) is 0 Å². The Kier molecular flexibility index (Phi) is 3.66. The fourth-order valence-corrected chi connectivity index (χ4v) is 1.81. The van der Waals surface area contributed by atoms with Gasteiger partial charge in [0.15, 0.2) is 0 Å². The molecule has 0 N–H and O–H groups in total. The normalized spacial score (nSPS) is 15.1. The van der Waals surface area contributed by atoms with E-state index in [1.165, 1.54) is 12.8 Å². The molecule has 0 atom stereocenters. The summed E-state index contributed by atoms with van der Waals surface area (Å²) in [6.45, 7) is 6.80. The van der Waals surface area contributed by atoms with Gasteiger partial charge in [-0.15, -0.1) is 0 Å². The molecule has 0 amide bonds. The molecule has 0 radical (unpaired) electrons. The van der Waals surface area contributed by atoms with Crippen LogP contribution >= 0.6 is 11.6 Å². The summed E-state index contributed by atoms with van der Waals surface area (Å²) in [4.78, 5) is 14.6. The average Bonchev–Trinajstić information content (AvgIpc) is 3.01. The summed E-state index contributed by atoms with van der Waals surface area (Å²) in [5.74, 6) is 0.616. The molecule has 1 aliphatic carbocycles. The van der Waals surface area contributed by atoms with E-state index in [0.717, 1.165) is 6.54 Å². The third-order valence-electron chi connectivity index (χ3n) is 2.50. The Labute approximate surface area is 106 Å². The number of halogens is 1. The fraction of sp³-hybridized carbons (Fsp3) is 0.727. The molecule has 5 nitrogen and oxygen atoms in total. The zero-order valence-corrected chi connectivity index (χ0v) is 11.1. The molecule has 1 saturated carbocycles. The lowest BCUT2D eigenvalue weighted by atomic mass is 10.5. The van der Waals surface area contributed by atoms with Crippen LogP contribution in [0.25, 0.3) is 0 Å². The number of anilines is 1. The van der Waals surface area contributed by atoms with E-state index in [0.29, 0.717) is 18.0 Å². The van der Waals surface area contributed by atoms with Crippen LogP contribution in [0.3, 0.4) is 0 Å². The van der Waals surface area contributed by atoms with E-state index in [2.05, 4.69) is 26.8 Å². The molecule has 0 aromatic carbocycles. The molecule has 1 fully saturated rings. The first-order valence-electron chi connectivity index (χ1n) is 5.95. The Morgan fingerprint density at radius 1 is 1.35 bits per heavy atom. The number of aromatic nitrogens is 3. The number of ether oxygens (including phenoxy) is 1. The highest BCUT2D eigenvalue weighted by Crippen LogP contribution is 2.30. The summed E-state index contributed by atoms with van der Waals surface area (Å²) in [5.41, 5.74) is 0. The molecular weight excluding hydrogens is 240 g/mol. The van der Waals surface area contributed by atoms with Gasteiger partial charge >= 0.3 is 6.01 Å². The summed E-state index contributed by atoms with van der Waals surface area (Å²) in [7, 11) is 0. The van der Waals surface area contributed by atoms with Gasteiger partial charge in [-0.25, -0.2) is 0 Å². The maximum atomic E-state index is 5.89. The van der Waals surface area contributed by atoms with E-state index in [4.69, 9.17) is 16.3 Å². The van der Waals surface area contributed by atoms with Crippen LogP contribution in [0.15, 0.2) is 0 Å². The highest BCUT2D eigenvalue weighted by Gasteiger charge is 2.30. The SMILES string of the molecule is CCN(c1nc(Cl)nc(OC(C)C)n1)C1CC1. The van der Waals surface area contributed by atoms with Crippen molar-refractivity contribution in [3.05, 3.63) is 5.28 Å². The summed E-state index contributed by atoms with van der Waals surface area (Å²) >= 11 is 5.89. The number of hydrogen-bond donors (Lipinski definition) is 0. The van der Waals surface area contributed by atoms with E-state index in [1.54, 1.807) is 0 Å². The lowest BCUT2D eigenvalue weighted by Crippen LogP contribution is -2.27. The molecule has 0 spiro atoms. The smallest absolute Gasteiger partial charge is 0.322 e. The second-order valence-electron chi connectivity index (χ2n) is 4.37. The van der Waals surface area contributed by atoms with Crippen molar-refractivity contribution in [3.63, 3.8) is 0 Å². The molecule has 1 aliphatic rings. The van der Waals surface area contributed by atoms with Gasteiger partial charge in [0.2, 0.25) is 11.2 Å². The maximum Gasteiger partial charge on any atom is 0.322 e. The Bertz CT molecular complexity index is 395. The zero-order valence-electron chi connectivity index (χ0n) is 10.4. The van der Waals surface area contributed by atoms with E-state index in [1.807, 2.05) is 13.8 Å². The van der Waals surface area contributed by atoms with Crippen LogP contribution in [-0.4, -0.2) is 33.6 Å². The lowest BCUT2D eigenvalue weighted by Gasteiger charge is -2.20. The van der Waals surface area contributed by atoms with Gasteiger partial charge in [-0.05, 0) is 45.2 Å². The van der Waals surface area contributed by atoms with E-state index < -0.39 is 0 Å². The third-order valence-corrected chi connectivity index (χ3v) is 2.67. The van der Waals surface area contributed by atoms with Crippen LogP contribution in [0, 0.1) is 0 Å². The zero-order chi connectivity index (χ0) is 12.4. The number of hydrogen-bond acceptors (Lipinski definition) is 5. The maximum absolute atomic E-state index is 5.89. The third kappa shape index (κ3) is 3.19. The molecule has 0 saturated heterocycles. The van der Waals surface area contributed by atoms with Gasteiger partial charge in [-0.1, -0.05) is 0 Å². The number of nitrogens with zero attached hydrogens (tertiary/aromatic N) is 4. The summed E-state index contributed by atoms with van der Waals surface area (Å²) < 4.78 is 5.46. The minimum absolute atomic E-state index is 0.0253. The highest BCUT2D eigenvalue weighted by atomic mass is 35.5. The van der Waals surface area contributed by atoms with Crippen molar-refractivity contribution in [1.82, 2.24) is 15.0 Å². The average molecular weight is 257 g/mol. The van der Waals surface area contributed by atoms with E-state index >= 15 is 0 Å². The molecule has 17 heavy (non-hydrogen) atoms. The minimum Gasteiger partial charge on any atom is -0.461 e. The molecule has 2 rings (SSSR count).